The smallest absolute Gasteiger partial charge is 0.0480 e. The van der Waals surface area contributed by atoms with Gasteiger partial charge in [-0.05, 0) is 19.9 Å². The van der Waals surface area contributed by atoms with Crippen molar-refractivity contribution in [2.75, 3.05) is 20.3 Å². The van der Waals surface area contributed by atoms with Gasteiger partial charge in [-0.2, -0.15) is 0 Å². The third-order valence-corrected chi connectivity index (χ3v) is 1.63. The molecule has 0 radical (unpaired) electrons. The van der Waals surface area contributed by atoms with Gasteiger partial charge in [0, 0.05) is 19.3 Å². The summed E-state index contributed by atoms with van der Waals surface area (Å²) in [6.45, 7) is 1.87. The molecule has 1 N–H and O–H groups in total. The normalized spacial score (nSPS) is 21.0. The molecule has 0 amide bonds. The molecule has 1 rings (SSSR count). The summed E-state index contributed by atoms with van der Waals surface area (Å²) in [4.78, 5) is 0. The Hall–Kier alpha value is 0.210. The van der Waals surface area contributed by atoms with Gasteiger partial charge in [0.15, 0.2) is 0 Å². The maximum atomic E-state index is 5.16. The van der Waals surface area contributed by atoms with Gasteiger partial charge in [0.25, 0.3) is 0 Å². The molecule has 3 heteroatoms. The van der Waals surface area contributed by atoms with Gasteiger partial charge in [-0.1, -0.05) is 0 Å². The first-order valence-corrected chi connectivity index (χ1v) is 3.18. The van der Waals surface area contributed by atoms with E-state index in [-0.39, 0.29) is 12.4 Å². The lowest BCUT2D eigenvalue weighted by molar-refractivity contribution is 0.0799. The molecule has 0 atom stereocenters. The predicted octanol–water partition coefficient (Wildman–Crippen LogP) is 0.807. The molecular weight excluding hydrogens is 138 g/mol. The van der Waals surface area contributed by atoms with Crippen molar-refractivity contribution in [1.82, 2.24) is 5.32 Å². The van der Waals surface area contributed by atoms with Crippen LogP contribution in [0.1, 0.15) is 12.8 Å². The number of hydrogen-bond donors (Lipinski definition) is 1. The van der Waals surface area contributed by atoms with E-state index in [9.17, 15) is 0 Å². The maximum Gasteiger partial charge on any atom is 0.0480 e. The van der Waals surface area contributed by atoms with Crippen LogP contribution in [0.3, 0.4) is 0 Å². The second kappa shape index (κ2) is 5.03. The van der Waals surface area contributed by atoms with Gasteiger partial charge < -0.3 is 10.1 Å². The fourth-order valence-corrected chi connectivity index (χ4v) is 0.986. The molecule has 0 bridgehead atoms. The molecule has 9 heavy (non-hydrogen) atoms. The molecule has 1 saturated heterocycles. The van der Waals surface area contributed by atoms with E-state index in [1.165, 1.54) is 12.8 Å². The summed E-state index contributed by atoms with van der Waals surface area (Å²) < 4.78 is 5.16. The van der Waals surface area contributed by atoms with Crippen molar-refractivity contribution in [3.63, 3.8) is 0 Å². The summed E-state index contributed by atoms with van der Waals surface area (Å²) in [6.07, 6.45) is 2.35. The van der Waals surface area contributed by atoms with Crippen LogP contribution in [0.2, 0.25) is 0 Å². The van der Waals surface area contributed by atoms with Crippen molar-refractivity contribution in [1.29, 1.82) is 0 Å². The summed E-state index contributed by atoms with van der Waals surface area (Å²) in [5, 5.41) is 3.22. The van der Waals surface area contributed by atoms with Crippen LogP contribution in [0.5, 0.6) is 0 Å². The average molecular weight is 152 g/mol. The Morgan fingerprint density at radius 1 is 1.33 bits per heavy atom. The number of halogens is 1. The van der Waals surface area contributed by atoms with E-state index in [1.807, 2.05) is 7.05 Å². The zero-order chi connectivity index (χ0) is 5.82. The highest BCUT2D eigenvalue weighted by Gasteiger charge is 2.09. The summed E-state index contributed by atoms with van der Waals surface area (Å²) in [7, 11) is 2.01. The second-order valence-electron chi connectivity index (χ2n) is 2.18. The van der Waals surface area contributed by atoms with E-state index < -0.39 is 0 Å². The summed E-state index contributed by atoms with van der Waals surface area (Å²) >= 11 is 0. The Labute approximate surface area is 62.4 Å². The van der Waals surface area contributed by atoms with Crippen molar-refractivity contribution < 1.29 is 4.74 Å². The summed E-state index contributed by atoms with van der Waals surface area (Å²) in [6, 6.07) is 0.712. The van der Waals surface area contributed by atoms with Gasteiger partial charge in [-0.3, -0.25) is 0 Å². The first-order chi connectivity index (χ1) is 3.93. The largest absolute Gasteiger partial charge is 0.381 e. The molecule has 1 heterocycles. The second-order valence-corrected chi connectivity index (χ2v) is 2.18. The predicted molar refractivity (Wildman–Crippen MR) is 40.1 cm³/mol. The fourth-order valence-electron chi connectivity index (χ4n) is 0.986. The molecule has 1 aliphatic heterocycles. The molecule has 1 fully saturated rings. The minimum Gasteiger partial charge on any atom is -0.381 e. The average Bonchev–Trinajstić information content (AvgIpc) is 1.90. The van der Waals surface area contributed by atoms with Gasteiger partial charge in [-0.15, -0.1) is 12.4 Å². The molecule has 0 aromatic heterocycles. The Morgan fingerprint density at radius 3 is 2.22 bits per heavy atom. The Kier molecular flexibility index (Phi) is 5.15. The number of nitrogens with one attached hydrogen (secondary N) is 1. The van der Waals surface area contributed by atoms with Gasteiger partial charge >= 0.3 is 0 Å². The van der Waals surface area contributed by atoms with Crippen molar-refractivity contribution >= 4 is 12.4 Å². The summed E-state index contributed by atoms with van der Waals surface area (Å²) in [5.41, 5.74) is 0. The van der Waals surface area contributed by atoms with Crippen LogP contribution in [0.4, 0.5) is 0 Å². The minimum absolute atomic E-state index is 0. The van der Waals surface area contributed by atoms with E-state index in [0.29, 0.717) is 6.04 Å². The number of hydrogen-bond acceptors (Lipinski definition) is 2. The Balaban J connectivity index is 0.000000640. The molecule has 0 saturated carbocycles. The molecule has 2 nitrogen and oxygen atoms in total. The van der Waals surface area contributed by atoms with Crippen molar-refractivity contribution in [2.24, 2.45) is 0 Å². The quantitative estimate of drug-likeness (QED) is 0.599. The van der Waals surface area contributed by atoms with Crippen molar-refractivity contribution in [3.8, 4) is 0 Å². The van der Waals surface area contributed by atoms with Gasteiger partial charge in [-0.25, -0.2) is 0 Å². The molecule has 0 unspecified atom stereocenters. The third-order valence-electron chi connectivity index (χ3n) is 1.63. The van der Waals surface area contributed by atoms with Crippen LogP contribution in [-0.4, -0.2) is 26.3 Å². The number of rotatable bonds is 1. The first-order valence-electron chi connectivity index (χ1n) is 3.18. The van der Waals surface area contributed by atoms with Crippen LogP contribution in [0.15, 0.2) is 0 Å². The molecule has 0 aromatic carbocycles. The molecule has 0 aromatic rings. The highest BCUT2D eigenvalue weighted by Crippen LogP contribution is 2.04. The van der Waals surface area contributed by atoms with E-state index in [1.54, 1.807) is 0 Å². The van der Waals surface area contributed by atoms with Gasteiger partial charge in [0.2, 0.25) is 0 Å². The van der Waals surface area contributed by atoms with Crippen LogP contribution < -0.4 is 5.32 Å². The highest BCUT2D eigenvalue weighted by atomic mass is 35.5. The monoisotopic (exact) mass is 151 g/mol. The highest BCUT2D eigenvalue weighted by molar-refractivity contribution is 5.85. The van der Waals surface area contributed by atoms with Gasteiger partial charge in [0.1, 0.15) is 0 Å². The van der Waals surface area contributed by atoms with Crippen molar-refractivity contribution in [3.05, 3.63) is 0 Å². The maximum absolute atomic E-state index is 5.16. The minimum atomic E-state index is 0. The third kappa shape index (κ3) is 3.04. The van der Waals surface area contributed by atoms with Crippen LogP contribution in [0.25, 0.3) is 0 Å². The standard InChI is InChI=1S/C6H13NO.ClH/c1-7-6-2-4-8-5-3-6;/h6-7H,2-5H2,1H3;1H. The molecule has 0 spiro atoms. The van der Waals surface area contributed by atoms with Crippen LogP contribution >= 0.6 is 12.4 Å². The van der Waals surface area contributed by atoms with Gasteiger partial charge in [0.05, 0.1) is 0 Å². The zero-order valence-corrected chi connectivity index (χ0v) is 6.54. The molecule has 1 aliphatic rings. The summed E-state index contributed by atoms with van der Waals surface area (Å²) in [5.74, 6) is 0. The Bertz CT molecular complexity index is 64.1. The van der Waals surface area contributed by atoms with E-state index in [0.717, 1.165) is 13.2 Å². The Morgan fingerprint density at radius 2 is 1.89 bits per heavy atom. The van der Waals surface area contributed by atoms with E-state index >= 15 is 0 Å². The molecule has 0 aliphatic carbocycles. The van der Waals surface area contributed by atoms with Crippen LogP contribution in [0, 0.1) is 0 Å². The van der Waals surface area contributed by atoms with E-state index in [2.05, 4.69) is 5.32 Å². The lowest BCUT2D eigenvalue weighted by Crippen LogP contribution is -2.31. The lowest BCUT2D eigenvalue weighted by atomic mass is 10.1. The molecular formula is C6H14ClNO. The van der Waals surface area contributed by atoms with Crippen molar-refractivity contribution in [2.45, 2.75) is 18.9 Å². The number of ether oxygens (including phenoxy) is 1. The lowest BCUT2D eigenvalue weighted by Gasteiger charge is -2.20. The fraction of sp³-hybridized carbons (Fsp3) is 1.00. The van der Waals surface area contributed by atoms with Crippen LogP contribution in [-0.2, 0) is 4.74 Å². The van der Waals surface area contributed by atoms with E-state index in [4.69, 9.17) is 4.74 Å². The SMILES string of the molecule is CNC1CCOCC1.Cl. The zero-order valence-electron chi connectivity index (χ0n) is 5.72. The molecule has 56 valence electrons. The first kappa shape index (κ1) is 9.21. The topological polar surface area (TPSA) is 21.3 Å².